The highest BCUT2D eigenvalue weighted by Gasteiger charge is 2.09. The Morgan fingerprint density at radius 2 is 2.07 bits per heavy atom. The molecule has 0 aliphatic carbocycles. The van der Waals surface area contributed by atoms with Gasteiger partial charge in [-0.25, -0.2) is 4.98 Å². The number of aryl methyl sites for hydroxylation is 1. The van der Waals surface area contributed by atoms with Gasteiger partial charge in [0.05, 0.1) is 12.0 Å². The van der Waals surface area contributed by atoms with E-state index in [2.05, 4.69) is 48.5 Å². The van der Waals surface area contributed by atoms with E-state index in [0.717, 1.165) is 0 Å². The van der Waals surface area contributed by atoms with Crippen molar-refractivity contribution in [2.45, 2.75) is 26.7 Å². The van der Waals surface area contributed by atoms with Crippen LogP contribution in [-0.2, 0) is 0 Å². The summed E-state index contributed by atoms with van der Waals surface area (Å²) in [6.45, 7) is 6.58. The smallest absolute Gasteiger partial charge is 0.0991 e. The van der Waals surface area contributed by atoms with Crippen molar-refractivity contribution in [3.8, 4) is 5.69 Å². The van der Waals surface area contributed by atoms with Gasteiger partial charge >= 0.3 is 0 Å². The second kappa shape index (κ2) is 3.89. The Bertz CT molecular complexity index is 442. The quantitative estimate of drug-likeness (QED) is 0.727. The molecule has 0 atom stereocenters. The fourth-order valence-corrected chi connectivity index (χ4v) is 1.89. The lowest BCUT2D eigenvalue weighted by molar-refractivity contribution is 0.842. The van der Waals surface area contributed by atoms with E-state index in [-0.39, 0.29) is 0 Å². The second-order valence-corrected chi connectivity index (χ2v) is 4.14. The number of hydrogen-bond acceptors (Lipinski definition) is 1. The van der Waals surface area contributed by atoms with E-state index in [1.165, 1.54) is 16.8 Å². The van der Waals surface area contributed by atoms with Gasteiger partial charge in [0.1, 0.15) is 0 Å². The molecule has 0 radical (unpaired) electrons. The van der Waals surface area contributed by atoms with Crippen molar-refractivity contribution in [2.75, 3.05) is 0 Å². The molecule has 0 N–H and O–H groups in total. The van der Waals surface area contributed by atoms with E-state index in [9.17, 15) is 0 Å². The lowest BCUT2D eigenvalue weighted by Crippen LogP contribution is -2.01. The maximum atomic E-state index is 4.10. The lowest BCUT2D eigenvalue weighted by Gasteiger charge is -2.15. The maximum absolute atomic E-state index is 4.10. The van der Waals surface area contributed by atoms with Gasteiger partial charge in [0.2, 0.25) is 0 Å². The van der Waals surface area contributed by atoms with Crippen molar-refractivity contribution in [1.82, 2.24) is 9.55 Å². The average molecular weight is 200 g/mol. The molecule has 0 saturated heterocycles. The topological polar surface area (TPSA) is 17.8 Å². The van der Waals surface area contributed by atoms with E-state index in [1.807, 2.05) is 18.7 Å². The first-order valence-electron chi connectivity index (χ1n) is 5.28. The number of hydrogen-bond donors (Lipinski definition) is 0. The van der Waals surface area contributed by atoms with E-state index in [1.54, 1.807) is 0 Å². The minimum Gasteiger partial charge on any atom is -0.306 e. The molecule has 0 aliphatic heterocycles. The van der Waals surface area contributed by atoms with Gasteiger partial charge in [-0.3, -0.25) is 0 Å². The molecule has 78 valence electrons. The number of benzene rings is 1. The summed E-state index contributed by atoms with van der Waals surface area (Å²) < 4.78 is 2.09. The molecular formula is C13H16N2. The van der Waals surface area contributed by atoms with Crippen LogP contribution in [-0.4, -0.2) is 9.55 Å². The predicted molar refractivity (Wildman–Crippen MR) is 62.4 cm³/mol. The van der Waals surface area contributed by atoms with Gasteiger partial charge in [-0.2, -0.15) is 0 Å². The van der Waals surface area contributed by atoms with Gasteiger partial charge in [-0.1, -0.05) is 32.0 Å². The number of rotatable bonds is 2. The summed E-state index contributed by atoms with van der Waals surface area (Å²) in [4.78, 5) is 4.10. The van der Waals surface area contributed by atoms with Crippen LogP contribution in [0.25, 0.3) is 5.69 Å². The molecule has 1 aromatic heterocycles. The molecule has 0 bridgehead atoms. The molecule has 2 aromatic rings. The number of nitrogens with zero attached hydrogens (tertiary/aromatic N) is 2. The molecular weight excluding hydrogens is 184 g/mol. The van der Waals surface area contributed by atoms with Crippen LogP contribution in [0.1, 0.15) is 30.9 Å². The fourth-order valence-electron chi connectivity index (χ4n) is 1.89. The van der Waals surface area contributed by atoms with Crippen LogP contribution in [0.15, 0.2) is 36.9 Å². The standard InChI is InChI=1S/C13H16N2/c1-10(2)12-6-4-5-11(3)13(12)15-8-7-14-9-15/h4-10H,1-3H3. The zero-order valence-corrected chi connectivity index (χ0v) is 9.44. The van der Waals surface area contributed by atoms with Gasteiger partial charge in [0.25, 0.3) is 0 Å². The summed E-state index contributed by atoms with van der Waals surface area (Å²) in [5.41, 5.74) is 3.93. The Kier molecular flexibility index (Phi) is 2.58. The van der Waals surface area contributed by atoms with Gasteiger partial charge in [-0.15, -0.1) is 0 Å². The van der Waals surface area contributed by atoms with E-state index < -0.39 is 0 Å². The van der Waals surface area contributed by atoms with Crippen molar-refractivity contribution < 1.29 is 0 Å². The molecule has 0 spiro atoms. The average Bonchev–Trinajstić information content (AvgIpc) is 2.70. The van der Waals surface area contributed by atoms with Gasteiger partial charge in [0, 0.05) is 12.4 Å². The normalized spacial score (nSPS) is 10.9. The Morgan fingerprint density at radius 1 is 1.27 bits per heavy atom. The molecule has 2 nitrogen and oxygen atoms in total. The molecule has 0 aliphatic rings. The van der Waals surface area contributed by atoms with Crippen molar-refractivity contribution in [1.29, 1.82) is 0 Å². The first-order valence-corrected chi connectivity index (χ1v) is 5.28. The maximum Gasteiger partial charge on any atom is 0.0991 e. The first-order chi connectivity index (χ1) is 7.20. The van der Waals surface area contributed by atoms with Crippen LogP contribution in [0.4, 0.5) is 0 Å². The minimum absolute atomic E-state index is 0.530. The highest BCUT2D eigenvalue weighted by Crippen LogP contribution is 2.25. The van der Waals surface area contributed by atoms with E-state index in [0.29, 0.717) is 5.92 Å². The van der Waals surface area contributed by atoms with Gasteiger partial charge in [0.15, 0.2) is 0 Å². The van der Waals surface area contributed by atoms with Gasteiger partial charge in [-0.05, 0) is 24.0 Å². The number of imidazole rings is 1. The number of para-hydroxylation sites is 1. The van der Waals surface area contributed by atoms with Crippen LogP contribution in [0.3, 0.4) is 0 Å². The zero-order chi connectivity index (χ0) is 10.8. The van der Waals surface area contributed by atoms with Crippen LogP contribution >= 0.6 is 0 Å². The van der Waals surface area contributed by atoms with Crippen LogP contribution < -0.4 is 0 Å². The van der Waals surface area contributed by atoms with Gasteiger partial charge < -0.3 is 4.57 Å². The van der Waals surface area contributed by atoms with Crippen molar-refractivity contribution in [3.05, 3.63) is 48.0 Å². The second-order valence-electron chi connectivity index (χ2n) is 4.14. The fraction of sp³-hybridized carbons (Fsp3) is 0.308. The van der Waals surface area contributed by atoms with E-state index in [4.69, 9.17) is 0 Å². The molecule has 0 unspecified atom stereocenters. The van der Waals surface area contributed by atoms with Crippen LogP contribution in [0.5, 0.6) is 0 Å². The van der Waals surface area contributed by atoms with E-state index >= 15 is 0 Å². The van der Waals surface area contributed by atoms with Crippen molar-refractivity contribution >= 4 is 0 Å². The monoisotopic (exact) mass is 200 g/mol. The molecule has 2 rings (SSSR count). The SMILES string of the molecule is Cc1cccc(C(C)C)c1-n1ccnc1. The van der Waals surface area contributed by atoms with Crippen LogP contribution in [0, 0.1) is 6.92 Å². The third-order valence-electron chi connectivity index (χ3n) is 2.65. The molecule has 1 aromatic carbocycles. The van der Waals surface area contributed by atoms with Crippen molar-refractivity contribution in [3.63, 3.8) is 0 Å². The summed E-state index contributed by atoms with van der Waals surface area (Å²) in [5, 5.41) is 0. The molecule has 15 heavy (non-hydrogen) atoms. The highest BCUT2D eigenvalue weighted by atomic mass is 15.0. The summed E-state index contributed by atoms with van der Waals surface area (Å²) in [7, 11) is 0. The Hall–Kier alpha value is -1.57. The molecule has 1 heterocycles. The summed E-state index contributed by atoms with van der Waals surface area (Å²) >= 11 is 0. The van der Waals surface area contributed by atoms with Crippen molar-refractivity contribution in [2.24, 2.45) is 0 Å². The third kappa shape index (κ3) is 1.80. The zero-order valence-electron chi connectivity index (χ0n) is 9.44. The Labute approximate surface area is 90.6 Å². The lowest BCUT2D eigenvalue weighted by atomic mass is 9.98. The minimum atomic E-state index is 0.530. The third-order valence-corrected chi connectivity index (χ3v) is 2.65. The summed E-state index contributed by atoms with van der Waals surface area (Å²) in [6, 6.07) is 6.44. The molecule has 0 fully saturated rings. The first kappa shape index (κ1) is 9.97. The van der Waals surface area contributed by atoms with Crippen LogP contribution in [0.2, 0.25) is 0 Å². The summed E-state index contributed by atoms with van der Waals surface area (Å²) in [5.74, 6) is 0.530. The summed E-state index contributed by atoms with van der Waals surface area (Å²) in [6.07, 6.45) is 5.67. The molecule has 0 saturated carbocycles. The number of aromatic nitrogens is 2. The molecule has 2 heteroatoms. The predicted octanol–water partition coefficient (Wildman–Crippen LogP) is 3.30. The molecule has 0 amide bonds. The largest absolute Gasteiger partial charge is 0.306 e. The highest BCUT2D eigenvalue weighted by molar-refractivity contribution is 5.48. The Morgan fingerprint density at radius 3 is 2.67 bits per heavy atom. The Balaban J connectivity index is 2.63.